The van der Waals surface area contributed by atoms with Gasteiger partial charge in [0.2, 0.25) is 10.0 Å². The molecular weight excluding hydrogens is 362 g/mol. The number of alkyl halides is 1. The maximum atomic E-state index is 12.1. The Hall–Kier alpha value is -0.730. The van der Waals surface area contributed by atoms with Crippen LogP contribution in [0.4, 0.5) is 0 Å². The SMILES string of the molecule is O=S(=O)(NCC(O)c1ccsc1)c1ccc(CBr)cc1. The molecular formula is C13H14BrNO3S2. The van der Waals surface area contributed by atoms with Gasteiger partial charge in [0.1, 0.15) is 0 Å². The zero-order valence-electron chi connectivity index (χ0n) is 10.5. The van der Waals surface area contributed by atoms with Crippen LogP contribution in [0.5, 0.6) is 0 Å². The number of hydrogen-bond donors (Lipinski definition) is 2. The minimum Gasteiger partial charge on any atom is -0.387 e. The second-order valence-electron chi connectivity index (χ2n) is 4.20. The van der Waals surface area contributed by atoms with Gasteiger partial charge >= 0.3 is 0 Å². The maximum Gasteiger partial charge on any atom is 0.240 e. The Balaban J connectivity index is 2.03. The summed E-state index contributed by atoms with van der Waals surface area (Å²) in [5, 5.41) is 14.2. The van der Waals surface area contributed by atoms with Crippen LogP contribution in [0, 0.1) is 0 Å². The van der Waals surface area contributed by atoms with Crippen LogP contribution in [-0.2, 0) is 15.4 Å². The fourth-order valence-corrected chi connectivity index (χ4v) is 3.73. The van der Waals surface area contributed by atoms with Crippen molar-refractivity contribution in [1.82, 2.24) is 4.72 Å². The molecule has 1 aromatic carbocycles. The van der Waals surface area contributed by atoms with Crippen LogP contribution in [-0.4, -0.2) is 20.1 Å². The van der Waals surface area contributed by atoms with Crippen LogP contribution in [0.1, 0.15) is 17.2 Å². The molecule has 1 heterocycles. The number of aliphatic hydroxyl groups is 1. The monoisotopic (exact) mass is 375 g/mol. The first-order valence-corrected chi connectivity index (χ1v) is 9.42. The largest absolute Gasteiger partial charge is 0.387 e. The third-order valence-corrected chi connectivity index (χ3v) is 5.57. The molecule has 0 fully saturated rings. The average molecular weight is 376 g/mol. The van der Waals surface area contributed by atoms with E-state index in [0.717, 1.165) is 5.56 Å². The predicted octanol–water partition coefficient (Wildman–Crippen LogP) is 2.65. The number of thiophene rings is 1. The molecule has 4 nitrogen and oxygen atoms in total. The van der Waals surface area contributed by atoms with E-state index in [9.17, 15) is 13.5 Å². The highest BCUT2D eigenvalue weighted by Gasteiger charge is 2.16. The molecule has 20 heavy (non-hydrogen) atoms. The summed E-state index contributed by atoms with van der Waals surface area (Å²) in [5.74, 6) is 0. The fourth-order valence-electron chi connectivity index (χ4n) is 1.61. The quantitative estimate of drug-likeness (QED) is 0.762. The molecule has 1 atom stereocenters. The van der Waals surface area contributed by atoms with Crippen molar-refractivity contribution in [2.45, 2.75) is 16.3 Å². The molecule has 1 aromatic heterocycles. The van der Waals surface area contributed by atoms with Crippen molar-refractivity contribution in [1.29, 1.82) is 0 Å². The summed E-state index contributed by atoms with van der Waals surface area (Å²) >= 11 is 4.77. The molecule has 0 radical (unpaired) electrons. The van der Waals surface area contributed by atoms with Gasteiger partial charge in [-0.2, -0.15) is 11.3 Å². The second kappa shape index (κ2) is 6.82. The normalized spacial score (nSPS) is 13.3. The van der Waals surface area contributed by atoms with Gasteiger partial charge in [-0.15, -0.1) is 0 Å². The van der Waals surface area contributed by atoms with E-state index < -0.39 is 16.1 Å². The maximum absolute atomic E-state index is 12.1. The molecule has 0 bridgehead atoms. The van der Waals surface area contributed by atoms with E-state index in [1.807, 2.05) is 5.38 Å². The second-order valence-corrected chi connectivity index (χ2v) is 7.31. The topological polar surface area (TPSA) is 66.4 Å². The van der Waals surface area contributed by atoms with Crippen molar-refractivity contribution >= 4 is 37.3 Å². The Labute approximate surface area is 130 Å². The number of halogens is 1. The van der Waals surface area contributed by atoms with Crippen LogP contribution >= 0.6 is 27.3 Å². The Morgan fingerprint density at radius 3 is 2.50 bits per heavy atom. The molecule has 2 rings (SSSR count). The zero-order valence-corrected chi connectivity index (χ0v) is 13.7. The lowest BCUT2D eigenvalue weighted by molar-refractivity contribution is 0.182. The van der Waals surface area contributed by atoms with Gasteiger partial charge in [0.25, 0.3) is 0 Å². The standard InChI is InChI=1S/C13H14BrNO3S2/c14-7-10-1-3-12(4-2-10)20(17,18)15-8-13(16)11-5-6-19-9-11/h1-6,9,13,15-16H,7-8H2. The molecule has 0 aliphatic rings. The summed E-state index contributed by atoms with van der Waals surface area (Å²) in [6, 6.07) is 8.37. The van der Waals surface area contributed by atoms with Gasteiger partial charge in [-0.05, 0) is 40.1 Å². The summed E-state index contributed by atoms with van der Waals surface area (Å²) in [6.45, 7) is -0.0424. The molecule has 108 valence electrons. The highest BCUT2D eigenvalue weighted by Crippen LogP contribution is 2.17. The average Bonchev–Trinajstić information content (AvgIpc) is 2.99. The van der Waals surface area contributed by atoms with E-state index in [-0.39, 0.29) is 11.4 Å². The molecule has 2 N–H and O–H groups in total. The Morgan fingerprint density at radius 1 is 1.25 bits per heavy atom. The summed E-state index contributed by atoms with van der Waals surface area (Å²) < 4.78 is 26.6. The third kappa shape index (κ3) is 3.89. The molecule has 0 saturated heterocycles. The molecule has 0 saturated carbocycles. The number of sulfonamides is 1. The van der Waals surface area contributed by atoms with Gasteiger partial charge in [-0.25, -0.2) is 13.1 Å². The molecule has 2 aromatic rings. The number of nitrogens with one attached hydrogen (secondary N) is 1. The van der Waals surface area contributed by atoms with E-state index in [1.54, 1.807) is 35.7 Å². The van der Waals surface area contributed by atoms with Crippen molar-refractivity contribution in [3.05, 3.63) is 52.2 Å². The lowest BCUT2D eigenvalue weighted by atomic mass is 10.2. The predicted molar refractivity (Wildman–Crippen MR) is 83.5 cm³/mol. The van der Waals surface area contributed by atoms with Crippen LogP contribution in [0.3, 0.4) is 0 Å². The molecule has 1 unspecified atom stereocenters. The number of aliphatic hydroxyl groups excluding tert-OH is 1. The van der Waals surface area contributed by atoms with Crippen molar-refractivity contribution in [3.8, 4) is 0 Å². The Bertz CT molecular complexity index is 639. The molecule has 0 aliphatic carbocycles. The summed E-state index contributed by atoms with van der Waals surface area (Å²) in [5.41, 5.74) is 1.72. The van der Waals surface area contributed by atoms with E-state index in [2.05, 4.69) is 20.7 Å². The number of hydrogen-bond acceptors (Lipinski definition) is 4. The Morgan fingerprint density at radius 2 is 1.95 bits per heavy atom. The summed E-state index contributed by atoms with van der Waals surface area (Å²) in [7, 11) is -3.59. The first-order valence-electron chi connectivity index (χ1n) is 5.87. The van der Waals surface area contributed by atoms with Crippen molar-refractivity contribution in [2.24, 2.45) is 0 Å². The lowest BCUT2D eigenvalue weighted by Crippen LogP contribution is -2.28. The summed E-state index contributed by atoms with van der Waals surface area (Å²) in [4.78, 5) is 0.194. The van der Waals surface area contributed by atoms with Crippen LogP contribution in [0.25, 0.3) is 0 Å². The van der Waals surface area contributed by atoms with Gasteiger partial charge in [0, 0.05) is 11.9 Å². The van der Waals surface area contributed by atoms with Crippen LogP contribution in [0.2, 0.25) is 0 Å². The van der Waals surface area contributed by atoms with Crippen LogP contribution < -0.4 is 4.72 Å². The highest BCUT2D eigenvalue weighted by atomic mass is 79.9. The molecule has 0 spiro atoms. The Kier molecular flexibility index (Phi) is 5.34. The number of rotatable bonds is 6. The smallest absolute Gasteiger partial charge is 0.240 e. The molecule has 7 heteroatoms. The van der Waals surface area contributed by atoms with Gasteiger partial charge in [-0.1, -0.05) is 28.1 Å². The van der Waals surface area contributed by atoms with Gasteiger partial charge in [-0.3, -0.25) is 0 Å². The van der Waals surface area contributed by atoms with E-state index in [1.165, 1.54) is 11.3 Å². The van der Waals surface area contributed by atoms with Gasteiger partial charge in [0.05, 0.1) is 11.0 Å². The minimum absolute atomic E-state index is 0.0424. The van der Waals surface area contributed by atoms with Crippen LogP contribution in [0.15, 0.2) is 46.0 Å². The highest BCUT2D eigenvalue weighted by molar-refractivity contribution is 9.08. The number of benzene rings is 1. The van der Waals surface area contributed by atoms with E-state index in [4.69, 9.17) is 0 Å². The zero-order chi connectivity index (χ0) is 14.6. The van der Waals surface area contributed by atoms with Crippen molar-refractivity contribution in [3.63, 3.8) is 0 Å². The third-order valence-electron chi connectivity index (χ3n) is 2.78. The van der Waals surface area contributed by atoms with E-state index >= 15 is 0 Å². The van der Waals surface area contributed by atoms with Gasteiger partial charge in [0.15, 0.2) is 0 Å². The first kappa shape index (κ1) is 15.7. The fraction of sp³-hybridized carbons (Fsp3) is 0.231. The first-order chi connectivity index (χ1) is 9.53. The van der Waals surface area contributed by atoms with Crippen molar-refractivity contribution < 1.29 is 13.5 Å². The van der Waals surface area contributed by atoms with Gasteiger partial charge < -0.3 is 5.11 Å². The summed E-state index contributed by atoms with van der Waals surface area (Å²) in [6.07, 6.45) is -0.835. The van der Waals surface area contributed by atoms with Crippen molar-refractivity contribution in [2.75, 3.05) is 6.54 Å². The molecule has 0 aliphatic heterocycles. The van der Waals surface area contributed by atoms with E-state index in [0.29, 0.717) is 10.9 Å². The minimum atomic E-state index is -3.59. The lowest BCUT2D eigenvalue weighted by Gasteiger charge is -2.11. The molecule has 0 amide bonds.